The number of anilines is 3. The molecular formula is C16H18N4O3. The number of nitrogens with one attached hydrogen (secondary N) is 1. The predicted octanol–water partition coefficient (Wildman–Crippen LogP) is 1.76. The second-order valence-electron chi connectivity index (χ2n) is 5.08. The number of hydrogen-bond donors (Lipinski definition) is 1. The maximum absolute atomic E-state index is 12.1. The minimum absolute atomic E-state index is 0.0407. The summed E-state index contributed by atoms with van der Waals surface area (Å²) in [4.78, 5) is 22.3. The lowest BCUT2D eigenvalue weighted by Crippen LogP contribution is -2.31. The van der Waals surface area contributed by atoms with Crippen LogP contribution in [-0.2, 0) is 16.0 Å². The maximum atomic E-state index is 12.1. The molecular weight excluding hydrogens is 296 g/mol. The number of fused-ring (bicyclic) bond motifs is 1. The molecule has 2 aromatic rings. The molecule has 0 unspecified atom stereocenters. The van der Waals surface area contributed by atoms with E-state index in [2.05, 4.69) is 15.3 Å². The van der Waals surface area contributed by atoms with Crippen LogP contribution >= 0.6 is 0 Å². The Labute approximate surface area is 134 Å². The molecule has 3 rings (SSSR count). The third kappa shape index (κ3) is 3.09. The molecule has 0 radical (unpaired) electrons. The quantitative estimate of drug-likeness (QED) is 0.906. The van der Waals surface area contributed by atoms with Crippen LogP contribution in [0.4, 0.5) is 17.3 Å². The van der Waals surface area contributed by atoms with Crippen molar-refractivity contribution in [3.05, 3.63) is 36.0 Å². The van der Waals surface area contributed by atoms with Gasteiger partial charge in [-0.15, -0.1) is 0 Å². The van der Waals surface area contributed by atoms with Gasteiger partial charge in [-0.3, -0.25) is 4.79 Å². The van der Waals surface area contributed by atoms with E-state index >= 15 is 0 Å². The molecule has 0 fully saturated rings. The van der Waals surface area contributed by atoms with Crippen LogP contribution in [0, 0.1) is 0 Å². The molecule has 1 aromatic carbocycles. The molecule has 0 saturated heterocycles. The molecule has 0 atom stereocenters. The van der Waals surface area contributed by atoms with Crippen LogP contribution in [0.3, 0.4) is 0 Å². The minimum Gasteiger partial charge on any atom is -0.481 e. The van der Waals surface area contributed by atoms with Crippen LogP contribution < -0.4 is 15.0 Å². The zero-order chi connectivity index (χ0) is 16.2. The Morgan fingerprint density at radius 1 is 1.35 bits per heavy atom. The third-order valence-corrected chi connectivity index (χ3v) is 3.68. The zero-order valence-electron chi connectivity index (χ0n) is 13.1. The van der Waals surface area contributed by atoms with Gasteiger partial charge in [0.2, 0.25) is 11.8 Å². The van der Waals surface area contributed by atoms with Gasteiger partial charge in [0.15, 0.2) is 0 Å². The molecule has 23 heavy (non-hydrogen) atoms. The van der Waals surface area contributed by atoms with Crippen molar-refractivity contribution in [2.45, 2.75) is 6.42 Å². The number of amides is 1. The second kappa shape index (κ2) is 6.62. The number of rotatable bonds is 5. The average Bonchev–Trinajstić information content (AvgIpc) is 3.00. The fraction of sp³-hybridized carbons (Fsp3) is 0.312. The fourth-order valence-electron chi connectivity index (χ4n) is 2.65. The molecule has 1 amide bonds. The van der Waals surface area contributed by atoms with E-state index in [0.717, 1.165) is 23.4 Å². The van der Waals surface area contributed by atoms with Crippen LogP contribution in [0.2, 0.25) is 0 Å². The highest BCUT2D eigenvalue weighted by Crippen LogP contribution is 2.34. The van der Waals surface area contributed by atoms with Crippen molar-refractivity contribution < 1.29 is 14.3 Å². The lowest BCUT2D eigenvalue weighted by atomic mass is 10.1. The first kappa shape index (κ1) is 15.2. The summed E-state index contributed by atoms with van der Waals surface area (Å²) in [5.41, 5.74) is 2.87. The van der Waals surface area contributed by atoms with E-state index in [9.17, 15) is 4.79 Å². The van der Waals surface area contributed by atoms with Crippen molar-refractivity contribution >= 4 is 23.2 Å². The topological polar surface area (TPSA) is 76.6 Å². The minimum atomic E-state index is -0.0407. The van der Waals surface area contributed by atoms with Crippen molar-refractivity contribution in [3.8, 4) is 5.88 Å². The molecule has 0 spiro atoms. The standard InChI is InChI=1S/C16H18N4O3/c1-22-10-15(21)20-9-7-11-12(4-3-5-13(11)20)18-16-17-8-6-14(19-16)23-2/h3-6,8H,7,9-10H2,1-2H3,(H,17,18,19). The number of ether oxygens (including phenoxy) is 2. The van der Waals surface area contributed by atoms with E-state index in [1.54, 1.807) is 24.3 Å². The van der Waals surface area contributed by atoms with E-state index in [0.29, 0.717) is 18.4 Å². The number of hydrogen-bond acceptors (Lipinski definition) is 6. The van der Waals surface area contributed by atoms with Gasteiger partial charge in [0.05, 0.1) is 7.11 Å². The Morgan fingerprint density at radius 2 is 2.22 bits per heavy atom. The summed E-state index contributed by atoms with van der Waals surface area (Å²) >= 11 is 0. The smallest absolute Gasteiger partial charge is 0.252 e. The lowest BCUT2D eigenvalue weighted by molar-refractivity contribution is -0.122. The average molecular weight is 314 g/mol. The van der Waals surface area contributed by atoms with Crippen LogP contribution in [-0.4, -0.2) is 43.2 Å². The molecule has 1 aliphatic rings. The third-order valence-electron chi connectivity index (χ3n) is 3.68. The molecule has 1 N–H and O–H groups in total. The summed E-state index contributed by atoms with van der Waals surface area (Å²) in [5, 5.41) is 3.20. The van der Waals surface area contributed by atoms with Gasteiger partial charge in [0, 0.05) is 42.9 Å². The van der Waals surface area contributed by atoms with Gasteiger partial charge in [-0.25, -0.2) is 4.98 Å². The van der Waals surface area contributed by atoms with Gasteiger partial charge in [0.25, 0.3) is 5.91 Å². The first-order valence-corrected chi connectivity index (χ1v) is 7.28. The van der Waals surface area contributed by atoms with E-state index in [4.69, 9.17) is 9.47 Å². The largest absolute Gasteiger partial charge is 0.481 e. The van der Waals surface area contributed by atoms with E-state index in [1.165, 1.54) is 7.11 Å². The SMILES string of the molecule is COCC(=O)N1CCc2c(Nc3nccc(OC)n3)cccc21. The molecule has 0 bridgehead atoms. The van der Waals surface area contributed by atoms with Gasteiger partial charge in [-0.05, 0) is 18.6 Å². The number of benzene rings is 1. The predicted molar refractivity (Wildman–Crippen MR) is 86.2 cm³/mol. The Bertz CT molecular complexity index is 720. The number of aromatic nitrogens is 2. The second-order valence-corrected chi connectivity index (χ2v) is 5.08. The fourth-order valence-corrected chi connectivity index (χ4v) is 2.65. The highest BCUT2D eigenvalue weighted by molar-refractivity contribution is 5.97. The Kier molecular flexibility index (Phi) is 4.38. The van der Waals surface area contributed by atoms with Crippen LogP contribution in [0.1, 0.15) is 5.56 Å². The van der Waals surface area contributed by atoms with Crippen molar-refractivity contribution in [2.75, 3.05) is 37.6 Å². The number of nitrogens with zero attached hydrogens (tertiary/aromatic N) is 3. The summed E-state index contributed by atoms with van der Waals surface area (Å²) in [6.45, 7) is 0.727. The van der Waals surface area contributed by atoms with Crippen LogP contribution in [0.25, 0.3) is 0 Å². The van der Waals surface area contributed by atoms with Crippen LogP contribution in [0.5, 0.6) is 5.88 Å². The summed E-state index contributed by atoms with van der Waals surface area (Å²) in [5.74, 6) is 0.910. The Balaban J connectivity index is 1.86. The summed E-state index contributed by atoms with van der Waals surface area (Å²) in [7, 11) is 3.08. The monoisotopic (exact) mass is 314 g/mol. The molecule has 1 aliphatic heterocycles. The van der Waals surface area contributed by atoms with Gasteiger partial charge in [-0.2, -0.15) is 4.98 Å². The molecule has 120 valence electrons. The summed E-state index contributed by atoms with van der Waals surface area (Å²) in [6.07, 6.45) is 2.41. The van der Waals surface area contributed by atoms with Gasteiger partial charge < -0.3 is 19.7 Å². The number of methoxy groups -OCH3 is 2. The van der Waals surface area contributed by atoms with Crippen molar-refractivity contribution in [3.63, 3.8) is 0 Å². The first-order chi connectivity index (χ1) is 11.2. The molecule has 0 aliphatic carbocycles. The summed E-state index contributed by atoms with van der Waals surface area (Å²) in [6, 6.07) is 7.48. The molecule has 1 aromatic heterocycles. The molecule has 0 saturated carbocycles. The van der Waals surface area contributed by atoms with Crippen molar-refractivity contribution in [2.24, 2.45) is 0 Å². The molecule has 7 nitrogen and oxygen atoms in total. The normalized spacial score (nSPS) is 12.9. The van der Waals surface area contributed by atoms with Crippen LogP contribution in [0.15, 0.2) is 30.5 Å². The van der Waals surface area contributed by atoms with E-state index in [-0.39, 0.29) is 12.5 Å². The van der Waals surface area contributed by atoms with Crippen molar-refractivity contribution in [1.82, 2.24) is 9.97 Å². The molecule has 7 heteroatoms. The highest BCUT2D eigenvalue weighted by Gasteiger charge is 2.26. The lowest BCUT2D eigenvalue weighted by Gasteiger charge is -2.17. The molecule has 2 heterocycles. The van der Waals surface area contributed by atoms with Gasteiger partial charge in [-0.1, -0.05) is 6.07 Å². The Morgan fingerprint density at radius 3 is 3.00 bits per heavy atom. The van der Waals surface area contributed by atoms with Gasteiger partial charge in [0.1, 0.15) is 6.61 Å². The van der Waals surface area contributed by atoms with Crippen molar-refractivity contribution in [1.29, 1.82) is 0 Å². The number of carbonyl (C=O) groups excluding carboxylic acids is 1. The summed E-state index contributed by atoms with van der Waals surface area (Å²) < 4.78 is 10.0. The first-order valence-electron chi connectivity index (χ1n) is 7.28. The zero-order valence-corrected chi connectivity index (χ0v) is 13.1. The number of carbonyl (C=O) groups is 1. The Hall–Kier alpha value is -2.67. The van der Waals surface area contributed by atoms with Gasteiger partial charge >= 0.3 is 0 Å². The highest BCUT2D eigenvalue weighted by atomic mass is 16.5. The maximum Gasteiger partial charge on any atom is 0.252 e. The van der Waals surface area contributed by atoms with E-state index < -0.39 is 0 Å². The van der Waals surface area contributed by atoms with E-state index in [1.807, 2.05) is 18.2 Å².